The Kier molecular flexibility index (Phi) is 6.94. The van der Waals surface area contributed by atoms with Crippen molar-refractivity contribution < 1.29 is 9.53 Å². The zero-order valence-electron chi connectivity index (χ0n) is 15.0. The molecule has 1 amide bonds. The molecule has 1 aliphatic rings. The van der Waals surface area contributed by atoms with Gasteiger partial charge in [0.2, 0.25) is 0 Å². The summed E-state index contributed by atoms with van der Waals surface area (Å²) in [6.07, 6.45) is 2.44. The molecule has 1 unspecified atom stereocenters. The minimum Gasteiger partial charge on any atom is -0.484 e. The number of thiophene rings is 1. The van der Waals surface area contributed by atoms with Gasteiger partial charge in [-0.3, -0.25) is 9.69 Å². The summed E-state index contributed by atoms with van der Waals surface area (Å²) >= 11 is 7.60. The van der Waals surface area contributed by atoms with Crippen molar-refractivity contribution in [3.8, 4) is 5.75 Å². The lowest BCUT2D eigenvalue weighted by Gasteiger charge is -2.36. The number of benzene rings is 1. The van der Waals surface area contributed by atoms with Crippen molar-refractivity contribution >= 4 is 28.8 Å². The topological polar surface area (TPSA) is 41.6 Å². The van der Waals surface area contributed by atoms with E-state index in [1.807, 2.05) is 0 Å². The number of amides is 1. The first-order valence-corrected chi connectivity index (χ1v) is 10.3. The summed E-state index contributed by atoms with van der Waals surface area (Å²) in [6, 6.07) is 11.5. The summed E-state index contributed by atoms with van der Waals surface area (Å²) in [6.45, 7) is 5.10. The zero-order chi connectivity index (χ0) is 18.4. The van der Waals surface area contributed by atoms with Crippen LogP contribution >= 0.6 is 22.9 Å². The molecule has 4 nitrogen and oxygen atoms in total. The predicted molar refractivity (Wildman–Crippen MR) is 107 cm³/mol. The maximum Gasteiger partial charge on any atom is 0.258 e. The highest BCUT2D eigenvalue weighted by Gasteiger charge is 2.25. The second-order valence-corrected chi connectivity index (χ2v) is 8.21. The first kappa shape index (κ1) is 19.2. The quantitative estimate of drug-likeness (QED) is 0.760. The summed E-state index contributed by atoms with van der Waals surface area (Å²) in [5.74, 6) is 1.33. The van der Waals surface area contributed by atoms with Gasteiger partial charge >= 0.3 is 0 Å². The van der Waals surface area contributed by atoms with Crippen molar-refractivity contribution in [1.29, 1.82) is 0 Å². The van der Waals surface area contributed by atoms with Crippen molar-refractivity contribution in [2.45, 2.75) is 25.8 Å². The number of piperidine rings is 1. The molecule has 1 saturated heterocycles. The van der Waals surface area contributed by atoms with Crippen LogP contribution in [0.25, 0.3) is 0 Å². The molecule has 1 atom stereocenters. The highest BCUT2D eigenvalue weighted by Crippen LogP contribution is 2.29. The van der Waals surface area contributed by atoms with Crippen LogP contribution < -0.4 is 10.1 Å². The number of nitrogens with zero attached hydrogens (tertiary/aromatic N) is 1. The van der Waals surface area contributed by atoms with E-state index in [9.17, 15) is 4.79 Å². The Labute approximate surface area is 164 Å². The SMILES string of the molecule is CC1CCN(C(CNC(=O)COc2ccc(Cl)cc2)c2cccs2)CC1. The Bertz CT molecular complexity index is 682. The van der Waals surface area contributed by atoms with Crippen molar-refractivity contribution in [2.24, 2.45) is 5.92 Å². The van der Waals surface area contributed by atoms with Crippen LogP contribution in [0, 0.1) is 5.92 Å². The average molecular weight is 393 g/mol. The number of nitrogens with one attached hydrogen (secondary N) is 1. The number of halogens is 1. The number of likely N-dealkylation sites (tertiary alicyclic amines) is 1. The number of carbonyl (C=O) groups is 1. The van der Waals surface area contributed by atoms with E-state index in [4.69, 9.17) is 16.3 Å². The fourth-order valence-electron chi connectivity index (χ4n) is 3.17. The van der Waals surface area contributed by atoms with E-state index < -0.39 is 0 Å². The number of rotatable bonds is 7. The third kappa shape index (κ3) is 5.47. The molecule has 1 aromatic heterocycles. The van der Waals surface area contributed by atoms with Crippen molar-refractivity contribution in [2.75, 3.05) is 26.2 Å². The van der Waals surface area contributed by atoms with Gasteiger partial charge in [0.25, 0.3) is 5.91 Å². The second-order valence-electron chi connectivity index (χ2n) is 6.80. The molecule has 3 rings (SSSR count). The number of hydrogen-bond acceptors (Lipinski definition) is 4. The van der Waals surface area contributed by atoms with E-state index in [1.165, 1.54) is 17.7 Å². The Balaban J connectivity index is 1.52. The maximum atomic E-state index is 12.2. The Morgan fingerprint density at radius 1 is 1.31 bits per heavy atom. The fourth-order valence-corrected chi connectivity index (χ4v) is 4.16. The van der Waals surface area contributed by atoms with Gasteiger partial charge in [-0.2, -0.15) is 0 Å². The van der Waals surface area contributed by atoms with Gasteiger partial charge in [-0.1, -0.05) is 24.6 Å². The largest absolute Gasteiger partial charge is 0.484 e. The van der Waals surface area contributed by atoms with E-state index >= 15 is 0 Å². The van der Waals surface area contributed by atoms with E-state index in [2.05, 4.69) is 34.7 Å². The first-order chi connectivity index (χ1) is 12.6. The van der Waals surface area contributed by atoms with Gasteiger partial charge in [-0.05, 0) is 67.6 Å². The minimum absolute atomic E-state index is 0.00975. The van der Waals surface area contributed by atoms with Crippen LogP contribution in [-0.2, 0) is 4.79 Å². The van der Waals surface area contributed by atoms with Crippen molar-refractivity contribution in [3.63, 3.8) is 0 Å². The molecular formula is C20H25ClN2O2S. The molecule has 1 aliphatic heterocycles. The van der Waals surface area contributed by atoms with Crippen LogP contribution in [0.3, 0.4) is 0 Å². The van der Waals surface area contributed by atoms with E-state index in [-0.39, 0.29) is 18.6 Å². The van der Waals surface area contributed by atoms with Gasteiger partial charge in [0.05, 0.1) is 6.04 Å². The second kappa shape index (κ2) is 9.40. The van der Waals surface area contributed by atoms with E-state index in [0.29, 0.717) is 17.3 Å². The molecule has 0 bridgehead atoms. The number of hydrogen-bond donors (Lipinski definition) is 1. The van der Waals surface area contributed by atoms with Gasteiger partial charge in [0.1, 0.15) is 5.75 Å². The standard InChI is InChI=1S/C20H25ClN2O2S/c1-15-8-10-23(11-9-15)18(19-3-2-12-26-19)13-22-20(24)14-25-17-6-4-16(21)5-7-17/h2-7,12,15,18H,8-11,13-14H2,1H3,(H,22,24). The molecule has 0 spiro atoms. The Morgan fingerprint density at radius 3 is 2.69 bits per heavy atom. The molecular weight excluding hydrogens is 368 g/mol. The van der Waals surface area contributed by atoms with Gasteiger partial charge in [-0.25, -0.2) is 0 Å². The molecule has 140 valence electrons. The summed E-state index contributed by atoms with van der Waals surface area (Å²) in [7, 11) is 0. The Morgan fingerprint density at radius 2 is 2.04 bits per heavy atom. The summed E-state index contributed by atoms with van der Waals surface area (Å²) < 4.78 is 5.52. The molecule has 1 N–H and O–H groups in total. The molecule has 26 heavy (non-hydrogen) atoms. The first-order valence-electron chi connectivity index (χ1n) is 9.04. The molecule has 6 heteroatoms. The number of ether oxygens (including phenoxy) is 1. The molecule has 1 fully saturated rings. The van der Waals surface area contributed by atoms with Crippen molar-refractivity contribution in [1.82, 2.24) is 10.2 Å². The third-order valence-corrected chi connectivity index (χ3v) is 6.03. The van der Waals surface area contributed by atoms with Gasteiger partial charge in [0, 0.05) is 16.4 Å². The minimum atomic E-state index is -0.105. The summed E-state index contributed by atoms with van der Waals surface area (Å²) in [4.78, 5) is 16.0. The molecule has 1 aromatic carbocycles. The van der Waals surface area contributed by atoms with Crippen LogP contribution in [0.1, 0.15) is 30.7 Å². The van der Waals surface area contributed by atoms with Crippen LogP contribution in [0.4, 0.5) is 0 Å². The smallest absolute Gasteiger partial charge is 0.258 e. The molecule has 0 saturated carbocycles. The monoisotopic (exact) mass is 392 g/mol. The lowest BCUT2D eigenvalue weighted by Crippen LogP contribution is -2.42. The van der Waals surface area contributed by atoms with E-state index in [1.54, 1.807) is 35.6 Å². The van der Waals surface area contributed by atoms with Gasteiger partial charge < -0.3 is 10.1 Å². The number of carbonyl (C=O) groups excluding carboxylic acids is 1. The predicted octanol–water partition coefficient (Wildman–Crippen LogP) is 4.37. The molecule has 2 aromatic rings. The van der Waals surface area contributed by atoms with Crippen LogP contribution in [0.15, 0.2) is 41.8 Å². The van der Waals surface area contributed by atoms with Crippen LogP contribution in [-0.4, -0.2) is 37.0 Å². The third-order valence-electron chi connectivity index (χ3n) is 4.81. The van der Waals surface area contributed by atoms with Crippen LogP contribution in [0.2, 0.25) is 5.02 Å². The molecule has 0 radical (unpaired) electrons. The zero-order valence-corrected chi connectivity index (χ0v) is 16.6. The highest BCUT2D eigenvalue weighted by molar-refractivity contribution is 7.10. The highest BCUT2D eigenvalue weighted by atomic mass is 35.5. The fraction of sp³-hybridized carbons (Fsp3) is 0.450. The lowest BCUT2D eigenvalue weighted by molar-refractivity contribution is -0.123. The average Bonchev–Trinajstić information content (AvgIpc) is 3.17. The molecule has 2 heterocycles. The Hall–Kier alpha value is -1.56. The summed E-state index contributed by atoms with van der Waals surface area (Å²) in [5, 5.41) is 5.78. The molecule has 0 aliphatic carbocycles. The lowest BCUT2D eigenvalue weighted by atomic mass is 9.97. The van der Waals surface area contributed by atoms with E-state index in [0.717, 1.165) is 19.0 Å². The van der Waals surface area contributed by atoms with Crippen LogP contribution in [0.5, 0.6) is 5.75 Å². The normalized spacial score (nSPS) is 17.0. The summed E-state index contributed by atoms with van der Waals surface area (Å²) in [5.41, 5.74) is 0. The van der Waals surface area contributed by atoms with Gasteiger partial charge in [-0.15, -0.1) is 11.3 Å². The van der Waals surface area contributed by atoms with Gasteiger partial charge in [0.15, 0.2) is 6.61 Å². The van der Waals surface area contributed by atoms with Crippen molar-refractivity contribution in [3.05, 3.63) is 51.7 Å². The maximum absolute atomic E-state index is 12.2.